The Morgan fingerprint density at radius 2 is 1.79 bits per heavy atom. The van der Waals surface area contributed by atoms with Crippen molar-refractivity contribution in [2.75, 3.05) is 7.05 Å². The van der Waals surface area contributed by atoms with Gasteiger partial charge in [-0.15, -0.1) is 11.3 Å². The average molecular weight is 678 g/mol. The molecule has 9 nitrogen and oxygen atoms in total. The number of oxazole rings is 1. The highest BCUT2D eigenvalue weighted by molar-refractivity contribution is 7.09. The summed E-state index contributed by atoms with van der Waals surface area (Å²) in [5.41, 5.74) is 2.00. The zero-order valence-corrected chi connectivity index (χ0v) is 27.2. The van der Waals surface area contributed by atoms with Crippen LogP contribution >= 0.6 is 11.3 Å². The first-order valence-electron chi connectivity index (χ1n) is 15.0. The van der Waals surface area contributed by atoms with Crippen LogP contribution in [0.25, 0.3) is 11.3 Å². The summed E-state index contributed by atoms with van der Waals surface area (Å²) >= 11 is 1.45. The zero-order chi connectivity index (χ0) is 34.4. The number of aliphatic hydroxyl groups is 1. The minimum atomic E-state index is -4.49. The van der Waals surface area contributed by atoms with Crippen molar-refractivity contribution >= 4 is 23.2 Å². The van der Waals surface area contributed by atoms with E-state index < -0.39 is 35.8 Å². The number of amides is 2. The molecule has 0 bridgehead atoms. The van der Waals surface area contributed by atoms with Gasteiger partial charge in [-0.2, -0.15) is 13.2 Å². The Hall–Kier alpha value is -4.85. The quantitative estimate of drug-likeness (QED) is 0.140. The number of thiazole rings is 1. The van der Waals surface area contributed by atoms with Crippen molar-refractivity contribution in [2.45, 2.75) is 51.3 Å². The molecule has 3 unspecified atom stereocenters. The van der Waals surface area contributed by atoms with E-state index >= 15 is 0 Å². The number of hydrogen-bond donors (Lipinski definition) is 3. The lowest BCUT2D eigenvalue weighted by atomic mass is 9.95. The molecule has 0 aliphatic carbocycles. The summed E-state index contributed by atoms with van der Waals surface area (Å²) in [7, 11) is 1.65. The lowest BCUT2D eigenvalue weighted by Gasteiger charge is -2.30. The van der Waals surface area contributed by atoms with Gasteiger partial charge >= 0.3 is 6.18 Å². The molecule has 13 heteroatoms. The molecular formula is C35H34F3N5O4S. The fourth-order valence-corrected chi connectivity index (χ4v) is 6.02. The van der Waals surface area contributed by atoms with Crippen molar-refractivity contribution in [3.8, 4) is 11.3 Å². The number of aryl methyl sites for hydroxylation is 1. The van der Waals surface area contributed by atoms with Gasteiger partial charge in [-0.05, 0) is 49.2 Å². The summed E-state index contributed by atoms with van der Waals surface area (Å²) < 4.78 is 45.3. The third-order valence-electron chi connectivity index (χ3n) is 7.70. The van der Waals surface area contributed by atoms with E-state index in [2.05, 4.69) is 20.6 Å². The van der Waals surface area contributed by atoms with Gasteiger partial charge < -0.3 is 25.1 Å². The molecule has 250 valence electrons. The number of nitrogens with one attached hydrogen (secondary N) is 2. The number of rotatable bonds is 12. The smallest absolute Gasteiger partial charge is 0.416 e. The molecule has 0 radical (unpaired) electrons. The standard InChI is InChI=1S/C35H34F3N5O4S/c1-21-19-48-30(41-21)18-43(3)34(46)27-14-25(29-17-39-20-47-29)13-26(15-27)33(45)42-22(2)32(44)31(24-9-5-4-6-10-24)40-16-23-8-7-11-28(12-23)35(36,37)38/h4-15,17,19-20,22,31-32,40,44H,16,18H2,1-3H3,(H,42,45). The van der Waals surface area contributed by atoms with Crippen LogP contribution in [0, 0.1) is 6.92 Å². The number of alkyl halides is 3. The second-order valence-electron chi connectivity index (χ2n) is 11.4. The molecule has 0 aliphatic rings. The first kappa shape index (κ1) is 34.5. The number of nitrogens with zero attached hydrogens (tertiary/aromatic N) is 3. The van der Waals surface area contributed by atoms with Crippen molar-refractivity contribution < 1.29 is 32.3 Å². The zero-order valence-electron chi connectivity index (χ0n) is 26.4. The summed E-state index contributed by atoms with van der Waals surface area (Å²) in [6, 6.07) is 17.0. The summed E-state index contributed by atoms with van der Waals surface area (Å²) in [6.45, 7) is 3.81. The van der Waals surface area contributed by atoms with Gasteiger partial charge in [0.05, 0.1) is 36.5 Å². The van der Waals surface area contributed by atoms with Gasteiger partial charge in [0.25, 0.3) is 11.8 Å². The van der Waals surface area contributed by atoms with Gasteiger partial charge in [0.15, 0.2) is 12.2 Å². The van der Waals surface area contributed by atoms with E-state index in [1.54, 1.807) is 62.5 Å². The Morgan fingerprint density at radius 3 is 2.46 bits per heavy atom. The molecule has 5 aromatic rings. The predicted molar refractivity (Wildman–Crippen MR) is 175 cm³/mol. The van der Waals surface area contributed by atoms with Gasteiger partial charge in [0.2, 0.25) is 0 Å². The maximum Gasteiger partial charge on any atom is 0.416 e. The third-order valence-corrected chi connectivity index (χ3v) is 8.65. The number of carbonyl (C=O) groups excluding carboxylic acids is 2. The first-order chi connectivity index (χ1) is 22.9. The van der Waals surface area contributed by atoms with Crippen LogP contribution in [0.1, 0.15) is 61.1 Å². The molecule has 0 fully saturated rings. The highest BCUT2D eigenvalue weighted by Crippen LogP contribution is 2.30. The molecule has 5 rings (SSSR count). The minimum absolute atomic E-state index is 0.0278. The van der Waals surface area contributed by atoms with Crippen LogP contribution in [0.2, 0.25) is 0 Å². The Bertz CT molecular complexity index is 1850. The van der Waals surface area contributed by atoms with Crippen molar-refractivity contribution in [3.63, 3.8) is 0 Å². The van der Waals surface area contributed by atoms with E-state index in [0.717, 1.165) is 22.8 Å². The van der Waals surface area contributed by atoms with Gasteiger partial charge in [-0.3, -0.25) is 9.59 Å². The number of benzene rings is 3. The topological polar surface area (TPSA) is 121 Å². The molecule has 3 atom stereocenters. The van der Waals surface area contributed by atoms with Crippen LogP contribution in [0.15, 0.2) is 95.2 Å². The Kier molecular flexibility index (Phi) is 10.7. The summed E-state index contributed by atoms with van der Waals surface area (Å²) in [5, 5.41) is 20.2. The lowest BCUT2D eigenvalue weighted by molar-refractivity contribution is -0.137. The first-order valence-corrected chi connectivity index (χ1v) is 15.9. The van der Waals surface area contributed by atoms with E-state index in [4.69, 9.17) is 4.42 Å². The average Bonchev–Trinajstić information content (AvgIpc) is 3.76. The summed E-state index contributed by atoms with van der Waals surface area (Å²) in [6.07, 6.45) is -2.97. The highest BCUT2D eigenvalue weighted by atomic mass is 32.1. The number of aliphatic hydroxyl groups excluding tert-OH is 1. The molecule has 0 saturated carbocycles. The van der Waals surface area contributed by atoms with Crippen LogP contribution in [0.4, 0.5) is 13.2 Å². The number of aromatic nitrogens is 2. The molecule has 3 N–H and O–H groups in total. The number of carbonyl (C=O) groups is 2. The van der Waals surface area contributed by atoms with E-state index in [1.165, 1.54) is 41.0 Å². The fraction of sp³-hybridized carbons (Fsp3) is 0.257. The molecule has 48 heavy (non-hydrogen) atoms. The largest absolute Gasteiger partial charge is 0.444 e. The molecular weight excluding hydrogens is 643 g/mol. The Morgan fingerprint density at radius 1 is 1.04 bits per heavy atom. The van der Waals surface area contributed by atoms with Crippen molar-refractivity contribution in [1.29, 1.82) is 0 Å². The van der Waals surface area contributed by atoms with Crippen molar-refractivity contribution in [2.24, 2.45) is 0 Å². The summed E-state index contributed by atoms with van der Waals surface area (Å²) in [4.78, 5) is 37.1. The maximum absolute atomic E-state index is 13.7. The van der Waals surface area contributed by atoms with Crippen LogP contribution in [0.5, 0.6) is 0 Å². The van der Waals surface area contributed by atoms with Gasteiger partial charge in [0, 0.05) is 41.4 Å². The van der Waals surface area contributed by atoms with Gasteiger partial charge in [-0.25, -0.2) is 9.97 Å². The van der Waals surface area contributed by atoms with E-state index in [9.17, 15) is 27.9 Å². The molecule has 2 heterocycles. The van der Waals surface area contributed by atoms with Gasteiger partial charge in [0.1, 0.15) is 5.01 Å². The molecule has 0 aliphatic heterocycles. The molecule has 0 saturated heterocycles. The van der Waals surface area contributed by atoms with E-state index in [0.29, 0.717) is 22.5 Å². The van der Waals surface area contributed by atoms with Crippen LogP contribution in [-0.2, 0) is 19.3 Å². The molecule has 3 aromatic carbocycles. The van der Waals surface area contributed by atoms with Gasteiger partial charge in [-0.1, -0.05) is 48.5 Å². The Balaban J connectivity index is 1.36. The predicted octanol–water partition coefficient (Wildman–Crippen LogP) is 6.41. The lowest BCUT2D eigenvalue weighted by Crippen LogP contribution is -2.47. The molecule has 0 spiro atoms. The fourth-order valence-electron chi connectivity index (χ4n) is 5.20. The van der Waals surface area contributed by atoms with E-state index in [1.807, 2.05) is 12.3 Å². The molecule has 2 aromatic heterocycles. The highest BCUT2D eigenvalue weighted by Gasteiger charge is 2.31. The normalized spacial score (nSPS) is 13.5. The number of hydrogen-bond acceptors (Lipinski definition) is 8. The van der Waals surface area contributed by atoms with Crippen molar-refractivity contribution in [1.82, 2.24) is 25.5 Å². The SMILES string of the molecule is Cc1csc(CN(C)C(=O)c2cc(C(=O)NC(C)C(O)C(NCc3cccc(C(F)(F)F)c3)c3ccccc3)cc(-c3cnco3)c2)n1. The summed E-state index contributed by atoms with van der Waals surface area (Å²) in [5.74, 6) is -0.540. The monoisotopic (exact) mass is 677 g/mol. The minimum Gasteiger partial charge on any atom is -0.444 e. The second kappa shape index (κ2) is 14.9. The van der Waals surface area contributed by atoms with Crippen LogP contribution in [-0.4, -0.2) is 51.0 Å². The Labute approximate surface area is 279 Å². The van der Waals surface area contributed by atoms with Crippen molar-refractivity contribution in [3.05, 3.63) is 129 Å². The number of halogens is 3. The maximum atomic E-state index is 13.7. The molecule has 2 amide bonds. The van der Waals surface area contributed by atoms with E-state index in [-0.39, 0.29) is 30.1 Å². The second-order valence-corrected chi connectivity index (χ2v) is 12.4. The van der Waals surface area contributed by atoms with Crippen LogP contribution < -0.4 is 10.6 Å². The third kappa shape index (κ3) is 8.54. The van der Waals surface area contributed by atoms with Crippen LogP contribution in [0.3, 0.4) is 0 Å².